The van der Waals surface area contributed by atoms with Crippen LogP contribution < -0.4 is 4.90 Å². The molecule has 0 aromatic carbocycles. The van der Waals surface area contributed by atoms with Crippen molar-refractivity contribution < 1.29 is 4.52 Å². The highest BCUT2D eigenvalue weighted by Gasteiger charge is 2.28. The maximum atomic E-state index is 5.48. The van der Waals surface area contributed by atoms with Crippen LogP contribution >= 0.6 is 0 Å². The third-order valence-corrected chi connectivity index (χ3v) is 4.17. The molecule has 0 aliphatic carbocycles. The number of nitrogens with zero attached hydrogens (tertiary/aromatic N) is 6. The number of aromatic nitrogens is 4. The lowest BCUT2D eigenvalue weighted by Gasteiger charge is -2.36. The Hall–Kier alpha value is -2.02. The van der Waals surface area contributed by atoms with Crippen molar-refractivity contribution in [3.63, 3.8) is 0 Å². The van der Waals surface area contributed by atoms with Gasteiger partial charge in [-0.25, -0.2) is 9.97 Å². The fourth-order valence-electron chi connectivity index (χ4n) is 2.63. The number of anilines is 1. The number of hydrogen-bond acceptors (Lipinski definition) is 7. The van der Waals surface area contributed by atoms with Crippen LogP contribution in [0.3, 0.4) is 0 Å². The molecule has 0 spiro atoms. The second-order valence-corrected chi connectivity index (χ2v) is 6.95. The summed E-state index contributed by atoms with van der Waals surface area (Å²) in [5.74, 6) is 2.25. The van der Waals surface area contributed by atoms with Gasteiger partial charge in [0.25, 0.3) is 0 Å². The molecule has 0 saturated carbocycles. The average molecular weight is 316 g/mol. The molecular formula is C16H24N6O. The SMILES string of the molecule is CC(c1nc(C(C)(C)C)no1)N1CCN(c2ncccn2)CC1. The molecule has 0 amide bonds. The molecule has 2 aromatic heterocycles. The van der Waals surface area contributed by atoms with Gasteiger partial charge in [0.15, 0.2) is 5.82 Å². The Kier molecular flexibility index (Phi) is 4.30. The van der Waals surface area contributed by atoms with E-state index < -0.39 is 0 Å². The molecule has 124 valence electrons. The molecule has 1 fully saturated rings. The minimum Gasteiger partial charge on any atom is -0.338 e. The molecule has 1 atom stereocenters. The van der Waals surface area contributed by atoms with Gasteiger partial charge in [-0.05, 0) is 13.0 Å². The Bertz CT molecular complexity index is 628. The highest BCUT2D eigenvalue weighted by Crippen LogP contribution is 2.24. The highest BCUT2D eigenvalue weighted by atomic mass is 16.5. The minimum absolute atomic E-state index is 0.0924. The predicted octanol–water partition coefficient (Wildman–Crippen LogP) is 2.04. The summed E-state index contributed by atoms with van der Waals surface area (Å²) < 4.78 is 5.48. The lowest BCUT2D eigenvalue weighted by molar-refractivity contribution is 0.163. The van der Waals surface area contributed by atoms with E-state index in [4.69, 9.17) is 4.52 Å². The van der Waals surface area contributed by atoms with Crippen LogP contribution in [0.4, 0.5) is 5.95 Å². The Balaban J connectivity index is 1.62. The monoisotopic (exact) mass is 316 g/mol. The summed E-state index contributed by atoms with van der Waals surface area (Å²) in [6, 6.07) is 1.96. The van der Waals surface area contributed by atoms with Crippen molar-refractivity contribution in [3.05, 3.63) is 30.2 Å². The zero-order chi connectivity index (χ0) is 16.4. The third-order valence-electron chi connectivity index (χ3n) is 4.17. The molecule has 0 radical (unpaired) electrons. The van der Waals surface area contributed by atoms with Gasteiger partial charge in [0.2, 0.25) is 11.8 Å². The van der Waals surface area contributed by atoms with Gasteiger partial charge in [0, 0.05) is 44.0 Å². The van der Waals surface area contributed by atoms with Gasteiger partial charge < -0.3 is 9.42 Å². The van der Waals surface area contributed by atoms with E-state index in [1.165, 1.54) is 0 Å². The first-order chi connectivity index (χ1) is 10.9. The van der Waals surface area contributed by atoms with Crippen molar-refractivity contribution in [1.29, 1.82) is 0 Å². The summed E-state index contributed by atoms with van der Waals surface area (Å²) in [7, 11) is 0. The number of hydrogen-bond donors (Lipinski definition) is 0. The normalized spacial score (nSPS) is 18.2. The summed E-state index contributed by atoms with van der Waals surface area (Å²) in [4.78, 5) is 17.8. The molecule has 1 aliphatic rings. The first-order valence-electron chi connectivity index (χ1n) is 8.05. The zero-order valence-corrected chi connectivity index (χ0v) is 14.2. The van der Waals surface area contributed by atoms with Crippen LogP contribution in [-0.2, 0) is 5.41 Å². The molecule has 2 aromatic rings. The molecule has 7 heteroatoms. The predicted molar refractivity (Wildman–Crippen MR) is 87.2 cm³/mol. The van der Waals surface area contributed by atoms with Gasteiger partial charge in [-0.15, -0.1) is 0 Å². The van der Waals surface area contributed by atoms with E-state index in [1.54, 1.807) is 12.4 Å². The molecule has 1 aliphatic heterocycles. The second-order valence-electron chi connectivity index (χ2n) is 6.95. The zero-order valence-electron chi connectivity index (χ0n) is 14.2. The molecule has 1 saturated heterocycles. The Labute approximate surface area is 136 Å². The fourth-order valence-corrected chi connectivity index (χ4v) is 2.63. The lowest BCUT2D eigenvalue weighted by atomic mass is 9.96. The third kappa shape index (κ3) is 3.50. The first kappa shape index (κ1) is 15.9. The topological polar surface area (TPSA) is 71.2 Å². The van der Waals surface area contributed by atoms with Gasteiger partial charge in [-0.3, -0.25) is 4.90 Å². The standard InChI is InChI=1S/C16H24N6O/c1-12(13-19-14(20-23-13)16(2,3)4)21-8-10-22(11-9-21)15-17-6-5-7-18-15/h5-7,12H,8-11H2,1-4H3. The molecular weight excluding hydrogens is 292 g/mol. The summed E-state index contributed by atoms with van der Waals surface area (Å²) in [5.41, 5.74) is -0.0924. The van der Waals surface area contributed by atoms with Crippen LogP contribution in [0.25, 0.3) is 0 Å². The maximum Gasteiger partial charge on any atom is 0.243 e. The lowest BCUT2D eigenvalue weighted by Crippen LogP contribution is -2.47. The quantitative estimate of drug-likeness (QED) is 0.858. The van der Waals surface area contributed by atoms with Gasteiger partial charge in [-0.1, -0.05) is 25.9 Å². The van der Waals surface area contributed by atoms with E-state index in [-0.39, 0.29) is 11.5 Å². The Morgan fingerprint density at radius 1 is 1.09 bits per heavy atom. The fraction of sp³-hybridized carbons (Fsp3) is 0.625. The van der Waals surface area contributed by atoms with Crippen LogP contribution in [0, 0.1) is 0 Å². The van der Waals surface area contributed by atoms with Crippen molar-refractivity contribution in [3.8, 4) is 0 Å². The first-order valence-corrected chi connectivity index (χ1v) is 8.05. The second kappa shape index (κ2) is 6.23. The van der Waals surface area contributed by atoms with E-state index in [0.29, 0.717) is 5.89 Å². The summed E-state index contributed by atoms with van der Waals surface area (Å²) in [5, 5.41) is 4.12. The molecule has 3 heterocycles. The molecule has 23 heavy (non-hydrogen) atoms. The summed E-state index contributed by atoms with van der Waals surface area (Å²) in [6.07, 6.45) is 3.56. The van der Waals surface area contributed by atoms with Gasteiger partial charge in [0.05, 0.1) is 6.04 Å². The Morgan fingerprint density at radius 2 is 1.74 bits per heavy atom. The smallest absolute Gasteiger partial charge is 0.243 e. The van der Waals surface area contributed by atoms with Crippen LogP contribution in [0.15, 0.2) is 23.0 Å². The molecule has 0 bridgehead atoms. The van der Waals surface area contributed by atoms with E-state index >= 15 is 0 Å². The summed E-state index contributed by atoms with van der Waals surface area (Å²) in [6.45, 7) is 12.0. The van der Waals surface area contributed by atoms with E-state index in [0.717, 1.165) is 38.0 Å². The van der Waals surface area contributed by atoms with Crippen LogP contribution in [0.1, 0.15) is 45.5 Å². The minimum atomic E-state index is -0.0924. The average Bonchev–Trinajstić information content (AvgIpc) is 3.05. The van der Waals surface area contributed by atoms with E-state index in [1.807, 2.05) is 6.07 Å². The molecule has 7 nitrogen and oxygen atoms in total. The van der Waals surface area contributed by atoms with Crippen molar-refractivity contribution in [2.45, 2.75) is 39.2 Å². The van der Waals surface area contributed by atoms with Crippen molar-refractivity contribution >= 4 is 5.95 Å². The van der Waals surface area contributed by atoms with Gasteiger partial charge >= 0.3 is 0 Å². The van der Waals surface area contributed by atoms with Crippen molar-refractivity contribution in [1.82, 2.24) is 25.0 Å². The highest BCUT2D eigenvalue weighted by molar-refractivity contribution is 5.29. The molecule has 1 unspecified atom stereocenters. The van der Waals surface area contributed by atoms with Gasteiger partial charge in [0.1, 0.15) is 0 Å². The van der Waals surface area contributed by atoms with Crippen LogP contribution in [0.2, 0.25) is 0 Å². The van der Waals surface area contributed by atoms with Crippen LogP contribution in [0.5, 0.6) is 0 Å². The number of piperazine rings is 1. The van der Waals surface area contributed by atoms with Crippen molar-refractivity contribution in [2.24, 2.45) is 0 Å². The van der Waals surface area contributed by atoms with Crippen LogP contribution in [-0.4, -0.2) is 51.2 Å². The summed E-state index contributed by atoms with van der Waals surface area (Å²) >= 11 is 0. The maximum absolute atomic E-state index is 5.48. The van der Waals surface area contributed by atoms with E-state index in [2.05, 4.69) is 57.6 Å². The van der Waals surface area contributed by atoms with Gasteiger partial charge in [-0.2, -0.15) is 4.98 Å². The molecule has 3 rings (SSSR count). The number of rotatable bonds is 3. The molecule has 0 N–H and O–H groups in total. The Morgan fingerprint density at radius 3 is 2.30 bits per heavy atom. The van der Waals surface area contributed by atoms with E-state index in [9.17, 15) is 0 Å². The van der Waals surface area contributed by atoms with Crippen molar-refractivity contribution in [2.75, 3.05) is 31.1 Å². The largest absolute Gasteiger partial charge is 0.338 e.